The molecule has 0 heterocycles. The molecule has 1 N–H and O–H groups in total. The fourth-order valence-corrected chi connectivity index (χ4v) is 2.52. The van der Waals surface area contributed by atoms with Crippen LogP contribution >= 0.6 is 11.6 Å². The van der Waals surface area contributed by atoms with Gasteiger partial charge in [-0.2, -0.15) is 0 Å². The summed E-state index contributed by atoms with van der Waals surface area (Å²) in [5.41, 5.74) is 1.76. The third-order valence-electron chi connectivity index (χ3n) is 3.36. The SMILES string of the molecule is CCCCCN(c1cccc(Cl)c1C=CC(=O)O)C(C)C. The predicted octanol–water partition coefficient (Wildman–Crippen LogP) is 4.84. The van der Waals surface area contributed by atoms with E-state index in [0.717, 1.165) is 30.3 Å². The molecule has 0 fully saturated rings. The van der Waals surface area contributed by atoms with E-state index in [0.29, 0.717) is 11.1 Å². The van der Waals surface area contributed by atoms with Crippen molar-refractivity contribution < 1.29 is 9.90 Å². The Morgan fingerprint density at radius 2 is 2.10 bits per heavy atom. The Kier molecular flexibility index (Phi) is 7.30. The van der Waals surface area contributed by atoms with Crippen molar-refractivity contribution in [1.82, 2.24) is 0 Å². The number of hydrogen-bond donors (Lipinski definition) is 1. The van der Waals surface area contributed by atoms with Gasteiger partial charge in [0.1, 0.15) is 0 Å². The summed E-state index contributed by atoms with van der Waals surface area (Å²) in [5.74, 6) is -0.969. The number of rotatable bonds is 8. The third kappa shape index (κ3) is 5.43. The monoisotopic (exact) mass is 309 g/mol. The van der Waals surface area contributed by atoms with Gasteiger partial charge in [0.2, 0.25) is 0 Å². The van der Waals surface area contributed by atoms with Crippen LogP contribution in [0.1, 0.15) is 45.6 Å². The molecule has 21 heavy (non-hydrogen) atoms. The van der Waals surface area contributed by atoms with Gasteiger partial charge in [0.25, 0.3) is 0 Å². The van der Waals surface area contributed by atoms with Gasteiger partial charge in [0.05, 0.1) is 0 Å². The second-order valence-corrected chi connectivity index (χ2v) is 5.75. The van der Waals surface area contributed by atoms with E-state index in [-0.39, 0.29) is 0 Å². The summed E-state index contributed by atoms with van der Waals surface area (Å²) in [6, 6.07) is 6.03. The van der Waals surface area contributed by atoms with Crippen molar-refractivity contribution in [3.63, 3.8) is 0 Å². The van der Waals surface area contributed by atoms with Crippen LogP contribution in [-0.2, 0) is 4.79 Å². The van der Waals surface area contributed by atoms with Gasteiger partial charge in [0.15, 0.2) is 0 Å². The molecule has 0 unspecified atom stereocenters. The van der Waals surface area contributed by atoms with E-state index in [9.17, 15) is 4.79 Å². The first-order chi connectivity index (χ1) is 9.97. The van der Waals surface area contributed by atoms with E-state index in [1.165, 1.54) is 12.8 Å². The number of nitrogens with zero attached hydrogens (tertiary/aromatic N) is 1. The summed E-state index contributed by atoms with van der Waals surface area (Å²) in [6.07, 6.45) is 6.19. The van der Waals surface area contributed by atoms with Crippen molar-refractivity contribution in [1.29, 1.82) is 0 Å². The van der Waals surface area contributed by atoms with E-state index in [4.69, 9.17) is 16.7 Å². The maximum atomic E-state index is 10.8. The van der Waals surface area contributed by atoms with Crippen molar-refractivity contribution in [3.05, 3.63) is 34.9 Å². The van der Waals surface area contributed by atoms with E-state index in [2.05, 4.69) is 25.7 Å². The van der Waals surface area contributed by atoms with Crippen LogP contribution in [-0.4, -0.2) is 23.7 Å². The summed E-state index contributed by atoms with van der Waals surface area (Å²) in [7, 11) is 0. The predicted molar refractivity (Wildman–Crippen MR) is 90.1 cm³/mol. The van der Waals surface area contributed by atoms with E-state index in [1.54, 1.807) is 12.1 Å². The first-order valence-electron chi connectivity index (χ1n) is 7.43. The molecule has 0 bridgehead atoms. The number of carboxylic acid groups (broad SMARTS) is 1. The largest absolute Gasteiger partial charge is 0.478 e. The van der Waals surface area contributed by atoms with E-state index in [1.807, 2.05) is 12.1 Å². The van der Waals surface area contributed by atoms with Crippen LogP contribution in [0.3, 0.4) is 0 Å². The van der Waals surface area contributed by atoms with Crippen molar-refractivity contribution in [3.8, 4) is 0 Å². The summed E-state index contributed by atoms with van der Waals surface area (Å²) in [4.78, 5) is 13.0. The maximum absolute atomic E-state index is 10.8. The number of anilines is 1. The number of carbonyl (C=O) groups is 1. The third-order valence-corrected chi connectivity index (χ3v) is 3.69. The second-order valence-electron chi connectivity index (χ2n) is 5.34. The van der Waals surface area contributed by atoms with Crippen LogP contribution in [0.15, 0.2) is 24.3 Å². The molecule has 0 radical (unpaired) electrons. The molecule has 1 aromatic rings. The average Bonchev–Trinajstić information content (AvgIpc) is 2.41. The lowest BCUT2D eigenvalue weighted by Crippen LogP contribution is -2.32. The molecule has 0 saturated carbocycles. The molecule has 3 nitrogen and oxygen atoms in total. The minimum atomic E-state index is -0.969. The lowest BCUT2D eigenvalue weighted by atomic mass is 10.1. The quantitative estimate of drug-likeness (QED) is 0.551. The second kappa shape index (κ2) is 8.73. The molecule has 0 saturated heterocycles. The fourth-order valence-electron chi connectivity index (χ4n) is 2.28. The summed E-state index contributed by atoms with van der Waals surface area (Å²) < 4.78 is 0. The van der Waals surface area contributed by atoms with Crippen LogP contribution in [0.25, 0.3) is 6.08 Å². The molecule has 4 heteroatoms. The summed E-state index contributed by atoms with van der Waals surface area (Å²) >= 11 is 6.25. The van der Waals surface area contributed by atoms with Gasteiger partial charge < -0.3 is 10.0 Å². The summed E-state index contributed by atoms with van der Waals surface area (Å²) in [6.45, 7) is 7.40. The highest BCUT2D eigenvalue weighted by Crippen LogP contribution is 2.30. The van der Waals surface area contributed by atoms with Crippen molar-refractivity contribution in [2.75, 3.05) is 11.4 Å². The zero-order chi connectivity index (χ0) is 15.8. The van der Waals surface area contributed by atoms with E-state index >= 15 is 0 Å². The van der Waals surface area contributed by atoms with Gasteiger partial charge in [-0.25, -0.2) is 4.79 Å². The molecule has 0 atom stereocenters. The van der Waals surface area contributed by atoms with Gasteiger partial charge in [-0.3, -0.25) is 0 Å². The van der Waals surface area contributed by atoms with Gasteiger partial charge in [-0.1, -0.05) is 37.4 Å². The fraction of sp³-hybridized carbons (Fsp3) is 0.471. The van der Waals surface area contributed by atoms with Crippen LogP contribution in [0.4, 0.5) is 5.69 Å². The van der Waals surface area contributed by atoms with Crippen molar-refractivity contribution >= 4 is 29.3 Å². The first-order valence-corrected chi connectivity index (χ1v) is 7.81. The Bertz CT molecular complexity index is 498. The standard InChI is InChI=1S/C17H24ClNO2/c1-4-5-6-12-19(13(2)3)16-9-7-8-15(18)14(16)10-11-17(20)21/h7-11,13H,4-6,12H2,1-3H3,(H,20,21). The minimum Gasteiger partial charge on any atom is -0.478 e. The number of unbranched alkanes of at least 4 members (excludes halogenated alkanes) is 2. The van der Waals surface area contributed by atoms with Crippen LogP contribution in [0, 0.1) is 0 Å². The van der Waals surface area contributed by atoms with E-state index < -0.39 is 5.97 Å². The average molecular weight is 310 g/mol. The molecule has 1 rings (SSSR count). The van der Waals surface area contributed by atoms with Gasteiger partial charge in [-0.05, 0) is 38.5 Å². The number of halogens is 1. The molecular weight excluding hydrogens is 286 g/mol. The van der Waals surface area contributed by atoms with Crippen molar-refractivity contribution in [2.45, 2.75) is 46.1 Å². The Morgan fingerprint density at radius 1 is 1.38 bits per heavy atom. The molecule has 0 spiro atoms. The van der Waals surface area contributed by atoms with Crippen LogP contribution < -0.4 is 4.90 Å². The number of benzene rings is 1. The summed E-state index contributed by atoms with van der Waals surface area (Å²) in [5, 5.41) is 9.41. The zero-order valence-electron chi connectivity index (χ0n) is 13.0. The molecule has 0 amide bonds. The Morgan fingerprint density at radius 3 is 2.67 bits per heavy atom. The van der Waals surface area contributed by atoms with Gasteiger partial charge in [-0.15, -0.1) is 0 Å². The normalized spacial score (nSPS) is 11.3. The number of hydrogen-bond acceptors (Lipinski definition) is 2. The molecule has 116 valence electrons. The molecule has 0 aliphatic carbocycles. The van der Waals surface area contributed by atoms with Crippen molar-refractivity contribution in [2.24, 2.45) is 0 Å². The maximum Gasteiger partial charge on any atom is 0.328 e. The highest BCUT2D eigenvalue weighted by Gasteiger charge is 2.15. The molecule has 1 aromatic carbocycles. The number of aliphatic carboxylic acids is 1. The lowest BCUT2D eigenvalue weighted by Gasteiger charge is -2.31. The number of carboxylic acids is 1. The molecular formula is C17H24ClNO2. The first kappa shape index (κ1) is 17.6. The molecule has 0 aliphatic heterocycles. The molecule has 0 aliphatic rings. The zero-order valence-corrected chi connectivity index (χ0v) is 13.7. The smallest absolute Gasteiger partial charge is 0.328 e. The lowest BCUT2D eigenvalue weighted by molar-refractivity contribution is -0.131. The highest BCUT2D eigenvalue weighted by atomic mass is 35.5. The Balaban J connectivity index is 3.12. The Labute approximate surface area is 132 Å². The van der Waals surface area contributed by atoms with Gasteiger partial charge >= 0.3 is 5.97 Å². The van der Waals surface area contributed by atoms with Crippen LogP contribution in [0.5, 0.6) is 0 Å². The topological polar surface area (TPSA) is 40.5 Å². The Hall–Kier alpha value is -1.48. The van der Waals surface area contributed by atoms with Gasteiger partial charge in [0, 0.05) is 34.9 Å². The highest BCUT2D eigenvalue weighted by molar-refractivity contribution is 6.32. The minimum absolute atomic E-state index is 0.331. The molecule has 0 aromatic heterocycles. The van der Waals surface area contributed by atoms with Crippen LogP contribution in [0.2, 0.25) is 5.02 Å².